The Morgan fingerprint density at radius 1 is 1.41 bits per heavy atom. The second kappa shape index (κ2) is 7.17. The van der Waals surface area contributed by atoms with Gasteiger partial charge >= 0.3 is 5.97 Å². The van der Waals surface area contributed by atoms with Crippen molar-refractivity contribution in [3.8, 4) is 6.07 Å². The normalized spacial score (nSPS) is 32.3. The van der Waals surface area contributed by atoms with E-state index >= 15 is 0 Å². The highest BCUT2D eigenvalue weighted by molar-refractivity contribution is 6.74. The molecule has 2 bridgehead atoms. The number of esters is 1. The lowest BCUT2D eigenvalue weighted by Gasteiger charge is -2.38. The summed E-state index contributed by atoms with van der Waals surface area (Å²) in [5.41, 5.74) is -2.39. The first-order valence-electron chi connectivity index (χ1n) is 9.27. The maximum Gasteiger partial charge on any atom is 0.304 e. The van der Waals surface area contributed by atoms with Gasteiger partial charge in [-0.05, 0) is 36.7 Å². The van der Waals surface area contributed by atoms with Crippen molar-refractivity contribution >= 4 is 14.3 Å². The first kappa shape index (κ1) is 21.8. The number of carbonyl (C=O) groups excluding carboxylic acids is 1. The second-order valence-corrected chi connectivity index (χ2v) is 13.7. The molecule has 0 aromatic heterocycles. The maximum absolute atomic E-state index is 11.7. The third-order valence-electron chi connectivity index (χ3n) is 5.69. The smallest absolute Gasteiger partial charge is 0.304 e. The van der Waals surface area contributed by atoms with Crippen LogP contribution >= 0.6 is 0 Å². The van der Waals surface area contributed by atoms with Gasteiger partial charge in [-0.1, -0.05) is 26.8 Å². The number of rotatable bonds is 8. The molecule has 1 saturated heterocycles. The molecule has 0 N–H and O–H groups in total. The van der Waals surface area contributed by atoms with Crippen LogP contribution in [0.5, 0.6) is 0 Å². The average molecular weight is 394 g/mol. The molecule has 6 nitrogen and oxygen atoms in total. The van der Waals surface area contributed by atoms with Gasteiger partial charge in [0.05, 0.1) is 13.2 Å². The summed E-state index contributed by atoms with van der Waals surface area (Å²) >= 11 is 0. The monoisotopic (exact) mass is 393 g/mol. The number of hydrogen-bond acceptors (Lipinski definition) is 6. The minimum atomic E-state index is -2.02. The van der Waals surface area contributed by atoms with Crippen molar-refractivity contribution in [3.05, 3.63) is 24.8 Å². The Labute approximate surface area is 163 Å². The van der Waals surface area contributed by atoms with E-state index in [2.05, 4.69) is 46.5 Å². The number of nitriles is 1. The van der Waals surface area contributed by atoms with Crippen molar-refractivity contribution < 1.29 is 23.4 Å². The van der Waals surface area contributed by atoms with E-state index in [0.717, 1.165) is 0 Å². The predicted octanol–water partition coefficient (Wildman–Crippen LogP) is 3.85. The molecule has 2 aliphatic heterocycles. The fourth-order valence-corrected chi connectivity index (χ4v) is 4.15. The van der Waals surface area contributed by atoms with Crippen LogP contribution in [-0.4, -0.2) is 44.5 Å². The molecule has 0 amide bonds. The fourth-order valence-electron chi connectivity index (χ4n) is 3.12. The summed E-state index contributed by atoms with van der Waals surface area (Å²) in [5, 5.41) is 9.95. The molecule has 0 saturated carbocycles. The van der Waals surface area contributed by atoms with Crippen LogP contribution in [-0.2, 0) is 23.4 Å². The van der Waals surface area contributed by atoms with Crippen LogP contribution in [0.3, 0.4) is 0 Å². The highest BCUT2D eigenvalue weighted by atomic mass is 28.4. The Bertz CT molecular complexity index is 677. The Kier molecular flexibility index (Phi) is 5.80. The molecular weight excluding hydrogens is 362 g/mol. The summed E-state index contributed by atoms with van der Waals surface area (Å²) < 4.78 is 24.0. The van der Waals surface area contributed by atoms with Gasteiger partial charge in [0.15, 0.2) is 8.32 Å². The zero-order valence-corrected chi connectivity index (χ0v) is 18.3. The molecule has 27 heavy (non-hydrogen) atoms. The summed E-state index contributed by atoms with van der Waals surface area (Å²) in [4.78, 5) is 11.7. The van der Waals surface area contributed by atoms with Crippen molar-refractivity contribution in [2.45, 2.75) is 75.7 Å². The molecule has 7 heteroatoms. The molecule has 3 atom stereocenters. The maximum atomic E-state index is 11.7. The molecular formula is C20H31NO5Si. The number of hydrogen-bond donors (Lipinski definition) is 0. The minimum absolute atomic E-state index is 0.0459. The average Bonchev–Trinajstić information content (AvgIpc) is 3.04. The molecule has 0 spiro atoms. The first-order valence-corrected chi connectivity index (χ1v) is 12.2. The van der Waals surface area contributed by atoms with E-state index in [-0.39, 0.29) is 18.1 Å². The first-order chi connectivity index (χ1) is 12.4. The van der Waals surface area contributed by atoms with E-state index in [4.69, 9.17) is 18.6 Å². The van der Waals surface area contributed by atoms with Crippen LogP contribution in [0.1, 0.15) is 40.5 Å². The Morgan fingerprint density at radius 2 is 2.07 bits per heavy atom. The van der Waals surface area contributed by atoms with Crippen molar-refractivity contribution in [3.63, 3.8) is 0 Å². The molecule has 1 fully saturated rings. The minimum Gasteiger partial charge on any atom is -0.437 e. The molecule has 0 aromatic carbocycles. The van der Waals surface area contributed by atoms with Crippen molar-refractivity contribution in [2.24, 2.45) is 0 Å². The molecule has 150 valence electrons. The van der Waals surface area contributed by atoms with Crippen LogP contribution in [0, 0.1) is 11.3 Å². The van der Waals surface area contributed by atoms with Gasteiger partial charge in [-0.3, -0.25) is 4.79 Å². The Balaban J connectivity index is 2.29. The quantitative estimate of drug-likeness (QED) is 0.270. The van der Waals surface area contributed by atoms with E-state index in [1.807, 2.05) is 6.08 Å². The molecule has 2 rings (SSSR count). The number of fused-ring (bicyclic) bond motifs is 2. The van der Waals surface area contributed by atoms with E-state index in [1.54, 1.807) is 12.2 Å². The number of carbonyl (C=O) groups is 1. The van der Waals surface area contributed by atoms with Crippen molar-refractivity contribution in [1.82, 2.24) is 0 Å². The molecule has 0 aliphatic carbocycles. The lowest BCUT2D eigenvalue weighted by atomic mass is 9.81. The molecule has 0 aromatic rings. The van der Waals surface area contributed by atoms with Crippen LogP contribution in [0.2, 0.25) is 18.1 Å². The summed E-state index contributed by atoms with van der Waals surface area (Å²) in [7, 11) is -2.02. The van der Waals surface area contributed by atoms with E-state index < -0.39 is 31.3 Å². The Hall–Kier alpha value is -1.46. The van der Waals surface area contributed by atoms with Gasteiger partial charge in [0.2, 0.25) is 5.79 Å². The third kappa shape index (κ3) is 3.90. The third-order valence-corrected chi connectivity index (χ3v) is 10.2. The van der Waals surface area contributed by atoms with E-state index in [1.165, 1.54) is 6.92 Å². The zero-order chi connectivity index (χ0) is 20.6. The van der Waals surface area contributed by atoms with Crippen molar-refractivity contribution in [2.75, 3.05) is 13.2 Å². The number of nitrogens with zero attached hydrogens (tertiary/aromatic N) is 1. The van der Waals surface area contributed by atoms with Gasteiger partial charge < -0.3 is 18.6 Å². The highest BCUT2D eigenvalue weighted by Crippen LogP contribution is 2.55. The van der Waals surface area contributed by atoms with Gasteiger partial charge in [0.25, 0.3) is 5.60 Å². The van der Waals surface area contributed by atoms with Gasteiger partial charge in [-0.2, -0.15) is 5.26 Å². The zero-order valence-electron chi connectivity index (χ0n) is 17.3. The summed E-state index contributed by atoms with van der Waals surface area (Å²) in [6, 6.07) is 2.15. The SMILES string of the molecule is C=CCCO[C@]12C=C[C@](CO[Si](C)(C)C(C)(C)C)(C[C@]1(C#N)OC(C)=O)O2. The topological polar surface area (TPSA) is 77.8 Å². The second-order valence-electron chi connectivity index (χ2n) is 8.85. The number of ether oxygens (including phenoxy) is 3. The van der Waals surface area contributed by atoms with Crippen molar-refractivity contribution in [1.29, 1.82) is 5.26 Å². The standard InChI is InChI=1S/C20H31NO5Si/c1-8-9-12-23-20-11-10-18(26-20,13-19(20,14-21)25-16(2)22)15-24-27(6,7)17(3,4)5/h8,10-11H,1,9,12-13,15H2,2-7H3/t18-,19-,20+/m1/s1. The molecule has 2 aliphatic rings. The van der Waals surface area contributed by atoms with Crippen LogP contribution < -0.4 is 0 Å². The molecule has 0 unspecified atom stereocenters. The summed E-state index contributed by atoms with van der Waals surface area (Å²) in [5.74, 6) is -1.97. The predicted molar refractivity (Wildman–Crippen MR) is 104 cm³/mol. The van der Waals surface area contributed by atoms with E-state index in [0.29, 0.717) is 13.0 Å². The van der Waals surface area contributed by atoms with Gasteiger partial charge in [0.1, 0.15) is 11.7 Å². The van der Waals surface area contributed by atoms with Crippen LogP contribution in [0.4, 0.5) is 0 Å². The van der Waals surface area contributed by atoms with Crippen LogP contribution in [0.15, 0.2) is 24.8 Å². The highest BCUT2D eigenvalue weighted by Gasteiger charge is 2.71. The molecule has 0 radical (unpaired) electrons. The van der Waals surface area contributed by atoms with Gasteiger partial charge in [-0.15, -0.1) is 6.58 Å². The fraction of sp³-hybridized carbons (Fsp3) is 0.700. The lowest BCUT2D eigenvalue weighted by molar-refractivity contribution is -0.252. The van der Waals surface area contributed by atoms with Gasteiger partial charge in [-0.25, -0.2) is 0 Å². The Morgan fingerprint density at radius 3 is 2.59 bits per heavy atom. The van der Waals surface area contributed by atoms with Gasteiger partial charge in [0, 0.05) is 13.3 Å². The van der Waals surface area contributed by atoms with E-state index in [9.17, 15) is 10.1 Å². The largest absolute Gasteiger partial charge is 0.437 e. The summed E-state index contributed by atoms with van der Waals surface area (Å²) in [6.07, 6.45) is 6.06. The molecule has 2 heterocycles. The van der Waals surface area contributed by atoms with Crippen LogP contribution in [0.25, 0.3) is 0 Å². The lowest BCUT2D eigenvalue weighted by Crippen LogP contribution is -2.53. The summed E-state index contributed by atoms with van der Waals surface area (Å²) in [6.45, 7) is 16.4.